The first-order valence-corrected chi connectivity index (χ1v) is 4.82. The number of nitrogens with zero attached hydrogens (tertiary/aromatic N) is 3. The molecule has 1 rings (SSSR count). The predicted molar refractivity (Wildman–Crippen MR) is 53.6 cm³/mol. The van der Waals surface area contributed by atoms with Crippen LogP contribution in [0.3, 0.4) is 0 Å². The predicted octanol–water partition coefficient (Wildman–Crippen LogP) is -0.0784. The Morgan fingerprint density at radius 2 is 2.29 bits per heavy atom. The van der Waals surface area contributed by atoms with Gasteiger partial charge in [0.05, 0.1) is 13.2 Å². The molecule has 14 heavy (non-hydrogen) atoms. The van der Waals surface area contributed by atoms with Crippen molar-refractivity contribution in [2.24, 2.45) is 13.0 Å². The maximum Gasteiger partial charge on any atom is 0.146 e. The Hall–Kier alpha value is -0.940. The van der Waals surface area contributed by atoms with Gasteiger partial charge in [-0.25, -0.2) is 0 Å². The van der Waals surface area contributed by atoms with Gasteiger partial charge >= 0.3 is 0 Å². The Morgan fingerprint density at radius 1 is 1.57 bits per heavy atom. The molecule has 0 aliphatic carbocycles. The number of hydrogen-bond acceptors (Lipinski definition) is 4. The molecule has 0 aliphatic rings. The molecular weight excluding hydrogens is 180 g/mol. The number of nitrogens with one attached hydrogen (secondary N) is 1. The van der Waals surface area contributed by atoms with Crippen LogP contribution in [0, 0.1) is 5.92 Å². The topological polar surface area (TPSA) is 63.0 Å². The van der Waals surface area contributed by atoms with Crippen molar-refractivity contribution in [3.8, 4) is 0 Å². The third-order valence-electron chi connectivity index (χ3n) is 2.33. The second kappa shape index (κ2) is 5.07. The van der Waals surface area contributed by atoms with Gasteiger partial charge in [0.25, 0.3) is 0 Å². The summed E-state index contributed by atoms with van der Waals surface area (Å²) in [4.78, 5) is 0. The number of hydrogen-bond donors (Lipinski definition) is 2. The molecule has 0 amide bonds. The van der Waals surface area contributed by atoms with Crippen LogP contribution in [-0.4, -0.2) is 32.5 Å². The van der Waals surface area contributed by atoms with Crippen LogP contribution in [0.2, 0.25) is 0 Å². The summed E-state index contributed by atoms with van der Waals surface area (Å²) in [6, 6.07) is 0.117. The van der Waals surface area contributed by atoms with E-state index in [1.165, 1.54) is 0 Å². The van der Waals surface area contributed by atoms with Crippen molar-refractivity contribution < 1.29 is 5.11 Å². The Kier molecular flexibility index (Phi) is 4.03. The van der Waals surface area contributed by atoms with Crippen LogP contribution in [0.5, 0.6) is 0 Å². The summed E-state index contributed by atoms with van der Waals surface area (Å²) in [5.74, 6) is 1.29. The molecule has 0 radical (unpaired) electrons. The minimum atomic E-state index is 0.117. The molecule has 5 heteroatoms. The van der Waals surface area contributed by atoms with E-state index in [2.05, 4.69) is 29.4 Å². The van der Waals surface area contributed by atoms with Gasteiger partial charge in [-0.2, -0.15) is 0 Å². The number of aryl methyl sites for hydroxylation is 1. The minimum absolute atomic E-state index is 0.117. The van der Waals surface area contributed by atoms with Crippen LogP contribution >= 0.6 is 0 Å². The Balaban J connectivity index is 2.43. The molecule has 0 aromatic carbocycles. The van der Waals surface area contributed by atoms with E-state index in [1.807, 2.05) is 11.6 Å². The van der Waals surface area contributed by atoms with Crippen LogP contribution < -0.4 is 5.32 Å². The van der Waals surface area contributed by atoms with Crippen molar-refractivity contribution in [2.75, 3.05) is 6.61 Å². The van der Waals surface area contributed by atoms with E-state index in [1.54, 1.807) is 6.33 Å². The molecule has 2 N–H and O–H groups in total. The zero-order valence-corrected chi connectivity index (χ0v) is 8.94. The Labute approximate surface area is 84.2 Å². The SMILES string of the molecule is CC(C)C(CO)NCc1nncn1C. The molecule has 80 valence electrons. The van der Waals surface area contributed by atoms with Gasteiger partial charge in [-0.3, -0.25) is 0 Å². The van der Waals surface area contributed by atoms with Crippen molar-refractivity contribution in [3.63, 3.8) is 0 Å². The van der Waals surface area contributed by atoms with E-state index in [4.69, 9.17) is 5.11 Å². The molecule has 1 atom stereocenters. The van der Waals surface area contributed by atoms with Gasteiger partial charge in [0.15, 0.2) is 0 Å². The van der Waals surface area contributed by atoms with Crippen molar-refractivity contribution >= 4 is 0 Å². The van der Waals surface area contributed by atoms with Gasteiger partial charge < -0.3 is 15.0 Å². The van der Waals surface area contributed by atoms with E-state index < -0.39 is 0 Å². The van der Waals surface area contributed by atoms with Gasteiger partial charge in [0.2, 0.25) is 0 Å². The van der Waals surface area contributed by atoms with E-state index in [0.717, 1.165) is 5.82 Å². The zero-order chi connectivity index (χ0) is 10.6. The number of aliphatic hydroxyl groups is 1. The first kappa shape index (κ1) is 11.1. The maximum atomic E-state index is 9.09. The van der Waals surface area contributed by atoms with E-state index in [0.29, 0.717) is 12.5 Å². The second-order valence-corrected chi connectivity index (χ2v) is 3.77. The highest BCUT2D eigenvalue weighted by molar-refractivity contribution is 4.84. The smallest absolute Gasteiger partial charge is 0.146 e. The lowest BCUT2D eigenvalue weighted by Crippen LogP contribution is -2.37. The third-order valence-corrected chi connectivity index (χ3v) is 2.33. The van der Waals surface area contributed by atoms with Crippen LogP contribution in [-0.2, 0) is 13.6 Å². The first-order valence-electron chi connectivity index (χ1n) is 4.82. The number of aliphatic hydroxyl groups excluding tert-OH is 1. The molecule has 1 unspecified atom stereocenters. The normalized spacial score (nSPS) is 13.5. The van der Waals surface area contributed by atoms with Gasteiger partial charge in [0.1, 0.15) is 12.2 Å². The monoisotopic (exact) mass is 198 g/mol. The van der Waals surface area contributed by atoms with Crippen LogP contribution in [0.25, 0.3) is 0 Å². The molecule has 1 aromatic rings. The lowest BCUT2D eigenvalue weighted by Gasteiger charge is -2.19. The Morgan fingerprint density at radius 3 is 2.71 bits per heavy atom. The first-order chi connectivity index (χ1) is 6.65. The fourth-order valence-corrected chi connectivity index (χ4v) is 1.20. The molecule has 1 heterocycles. The Bertz CT molecular complexity index is 272. The summed E-state index contributed by atoms with van der Waals surface area (Å²) in [6.07, 6.45) is 1.67. The number of rotatable bonds is 5. The average molecular weight is 198 g/mol. The fourth-order valence-electron chi connectivity index (χ4n) is 1.20. The quantitative estimate of drug-likeness (QED) is 0.694. The van der Waals surface area contributed by atoms with Crippen molar-refractivity contribution in [1.29, 1.82) is 0 Å². The molecule has 0 aliphatic heterocycles. The molecule has 0 spiro atoms. The van der Waals surface area contributed by atoms with Crippen molar-refractivity contribution in [2.45, 2.75) is 26.4 Å². The molecule has 0 fully saturated rings. The fraction of sp³-hybridized carbons (Fsp3) is 0.778. The zero-order valence-electron chi connectivity index (χ0n) is 8.94. The van der Waals surface area contributed by atoms with E-state index in [9.17, 15) is 0 Å². The van der Waals surface area contributed by atoms with Crippen LogP contribution in [0.15, 0.2) is 6.33 Å². The molecule has 0 saturated heterocycles. The average Bonchev–Trinajstić information content (AvgIpc) is 2.52. The van der Waals surface area contributed by atoms with Crippen LogP contribution in [0.1, 0.15) is 19.7 Å². The van der Waals surface area contributed by atoms with Gasteiger partial charge in [-0.1, -0.05) is 13.8 Å². The van der Waals surface area contributed by atoms with Crippen LogP contribution in [0.4, 0.5) is 0 Å². The summed E-state index contributed by atoms with van der Waals surface area (Å²) >= 11 is 0. The largest absolute Gasteiger partial charge is 0.395 e. The standard InChI is InChI=1S/C9H18N4O/c1-7(2)8(5-14)10-4-9-12-11-6-13(9)3/h6-8,10,14H,4-5H2,1-3H3. The van der Waals surface area contributed by atoms with Gasteiger partial charge in [-0.05, 0) is 5.92 Å². The van der Waals surface area contributed by atoms with E-state index >= 15 is 0 Å². The molecule has 0 bridgehead atoms. The van der Waals surface area contributed by atoms with Crippen molar-refractivity contribution in [3.05, 3.63) is 12.2 Å². The highest BCUT2D eigenvalue weighted by atomic mass is 16.3. The van der Waals surface area contributed by atoms with E-state index in [-0.39, 0.29) is 12.6 Å². The second-order valence-electron chi connectivity index (χ2n) is 3.77. The lowest BCUT2D eigenvalue weighted by molar-refractivity contribution is 0.209. The molecular formula is C9H18N4O. The van der Waals surface area contributed by atoms with Gasteiger partial charge in [0, 0.05) is 13.1 Å². The minimum Gasteiger partial charge on any atom is -0.395 e. The lowest BCUT2D eigenvalue weighted by atomic mass is 10.1. The summed E-state index contributed by atoms with van der Waals surface area (Å²) in [7, 11) is 1.90. The van der Waals surface area contributed by atoms with Gasteiger partial charge in [-0.15, -0.1) is 10.2 Å². The highest BCUT2D eigenvalue weighted by Crippen LogP contribution is 2.01. The summed E-state index contributed by atoms with van der Waals surface area (Å²) in [6.45, 7) is 4.94. The summed E-state index contributed by atoms with van der Waals surface area (Å²) in [5.41, 5.74) is 0. The molecule has 5 nitrogen and oxygen atoms in total. The molecule has 1 aromatic heterocycles. The summed E-state index contributed by atoms with van der Waals surface area (Å²) < 4.78 is 1.86. The van der Waals surface area contributed by atoms with Crippen molar-refractivity contribution in [1.82, 2.24) is 20.1 Å². The summed E-state index contributed by atoms with van der Waals surface area (Å²) in [5, 5.41) is 20.1. The maximum absolute atomic E-state index is 9.09. The third kappa shape index (κ3) is 2.78. The highest BCUT2D eigenvalue weighted by Gasteiger charge is 2.12. The number of aromatic nitrogens is 3. The molecule has 0 saturated carbocycles.